The highest BCUT2D eigenvalue weighted by atomic mass is 16.3. The average Bonchev–Trinajstić information content (AvgIpc) is 2.18. The van der Waals surface area contributed by atoms with E-state index in [1.54, 1.807) is 0 Å². The van der Waals surface area contributed by atoms with Crippen molar-refractivity contribution in [3.63, 3.8) is 0 Å². The number of anilines is 1. The monoisotopic (exact) mass is 179 g/mol. The number of aliphatic hydroxyl groups is 1. The summed E-state index contributed by atoms with van der Waals surface area (Å²) >= 11 is 0. The summed E-state index contributed by atoms with van der Waals surface area (Å²) in [6.07, 6.45) is 1.23. The Kier molecular flexibility index (Phi) is 2.14. The van der Waals surface area contributed by atoms with Crippen LogP contribution in [0.1, 0.15) is 30.7 Å². The highest BCUT2D eigenvalue weighted by molar-refractivity contribution is 5.47. The number of aliphatic hydroxyl groups excluding tert-OH is 1. The van der Waals surface area contributed by atoms with Gasteiger partial charge in [0, 0.05) is 12.1 Å². The number of rotatable bonds is 1. The first-order valence-corrected chi connectivity index (χ1v) is 4.59. The second-order valence-electron chi connectivity index (χ2n) is 3.22. The van der Waals surface area contributed by atoms with E-state index in [1.807, 2.05) is 13.0 Å². The molecule has 2 rings (SSSR count). The molecule has 4 heteroatoms. The Morgan fingerprint density at radius 2 is 2.46 bits per heavy atom. The SMILES string of the molecule is CCc1cc2c(nn1)NCCC2O. The van der Waals surface area contributed by atoms with Gasteiger partial charge in [-0.3, -0.25) is 0 Å². The maximum absolute atomic E-state index is 9.67. The molecule has 0 aliphatic carbocycles. The highest BCUT2D eigenvalue weighted by Gasteiger charge is 2.19. The molecule has 0 spiro atoms. The van der Waals surface area contributed by atoms with E-state index < -0.39 is 0 Å². The summed E-state index contributed by atoms with van der Waals surface area (Å²) in [5, 5.41) is 20.8. The van der Waals surface area contributed by atoms with E-state index in [1.165, 1.54) is 0 Å². The number of hydrogen-bond donors (Lipinski definition) is 2. The van der Waals surface area contributed by atoms with Crippen molar-refractivity contribution in [1.82, 2.24) is 10.2 Å². The Morgan fingerprint density at radius 3 is 3.23 bits per heavy atom. The fourth-order valence-electron chi connectivity index (χ4n) is 1.50. The van der Waals surface area contributed by atoms with Crippen molar-refractivity contribution in [3.8, 4) is 0 Å². The molecular weight excluding hydrogens is 166 g/mol. The van der Waals surface area contributed by atoms with Crippen LogP contribution < -0.4 is 5.32 Å². The van der Waals surface area contributed by atoms with E-state index >= 15 is 0 Å². The maximum Gasteiger partial charge on any atom is 0.154 e. The van der Waals surface area contributed by atoms with E-state index in [0.29, 0.717) is 0 Å². The van der Waals surface area contributed by atoms with Gasteiger partial charge in [0.2, 0.25) is 0 Å². The molecule has 2 N–H and O–H groups in total. The van der Waals surface area contributed by atoms with Gasteiger partial charge in [0.05, 0.1) is 11.8 Å². The first-order chi connectivity index (χ1) is 6.31. The van der Waals surface area contributed by atoms with Crippen molar-refractivity contribution in [2.45, 2.75) is 25.9 Å². The summed E-state index contributed by atoms with van der Waals surface area (Å²) < 4.78 is 0. The van der Waals surface area contributed by atoms with Gasteiger partial charge in [-0.15, -0.1) is 5.10 Å². The standard InChI is InChI=1S/C9H13N3O/c1-2-6-5-7-8(13)3-4-10-9(7)12-11-6/h5,8,13H,2-4H2,1H3,(H,10,12). The molecule has 0 radical (unpaired) electrons. The van der Waals surface area contributed by atoms with E-state index in [4.69, 9.17) is 0 Å². The van der Waals surface area contributed by atoms with Gasteiger partial charge in [-0.1, -0.05) is 6.92 Å². The molecule has 4 nitrogen and oxygen atoms in total. The lowest BCUT2D eigenvalue weighted by molar-refractivity contribution is 0.167. The lowest BCUT2D eigenvalue weighted by Crippen LogP contribution is -2.18. The number of aryl methyl sites for hydroxylation is 1. The summed E-state index contributed by atoms with van der Waals surface area (Å²) in [6.45, 7) is 2.80. The molecule has 0 saturated carbocycles. The molecule has 0 aromatic carbocycles. The van der Waals surface area contributed by atoms with Crippen molar-refractivity contribution in [2.24, 2.45) is 0 Å². The molecule has 1 atom stereocenters. The highest BCUT2D eigenvalue weighted by Crippen LogP contribution is 2.27. The molecule has 2 heterocycles. The van der Waals surface area contributed by atoms with E-state index in [2.05, 4.69) is 15.5 Å². The van der Waals surface area contributed by atoms with Crippen LogP contribution in [0.3, 0.4) is 0 Å². The van der Waals surface area contributed by atoms with Gasteiger partial charge < -0.3 is 10.4 Å². The minimum atomic E-state index is -0.378. The molecule has 1 aromatic rings. The zero-order chi connectivity index (χ0) is 9.26. The molecule has 0 saturated heterocycles. The van der Waals surface area contributed by atoms with Gasteiger partial charge in [0.15, 0.2) is 5.82 Å². The summed E-state index contributed by atoms with van der Waals surface area (Å²) in [6, 6.07) is 1.93. The summed E-state index contributed by atoms with van der Waals surface area (Å²) in [7, 11) is 0. The van der Waals surface area contributed by atoms with E-state index in [-0.39, 0.29) is 6.10 Å². The van der Waals surface area contributed by atoms with Crippen molar-refractivity contribution in [1.29, 1.82) is 0 Å². The second-order valence-corrected chi connectivity index (χ2v) is 3.22. The van der Waals surface area contributed by atoms with Crippen LogP contribution in [-0.2, 0) is 6.42 Å². The van der Waals surface area contributed by atoms with Gasteiger partial charge in [0.1, 0.15) is 0 Å². The number of nitrogens with zero attached hydrogens (tertiary/aromatic N) is 2. The zero-order valence-corrected chi connectivity index (χ0v) is 7.62. The summed E-state index contributed by atoms with van der Waals surface area (Å²) in [5.41, 5.74) is 1.82. The number of fused-ring (bicyclic) bond motifs is 1. The molecule has 1 aliphatic heterocycles. The van der Waals surface area contributed by atoms with Crippen LogP contribution in [0.5, 0.6) is 0 Å². The Bertz CT molecular complexity index is 314. The summed E-state index contributed by atoms with van der Waals surface area (Å²) in [4.78, 5) is 0. The fraction of sp³-hybridized carbons (Fsp3) is 0.556. The number of nitrogens with one attached hydrogen (secondary N) is 1. The topological polar surface area (TPSA) is 58.0 Å². The first-order valence-electron chi connectivity index (χ1n) is 4.59. The van der Waals surface area contributed by atoms with Crippen LogP contribution >= 0.6 is 0 Å². The smallest absolute Gasteiger partial charge is 0.154 e. The van der Waals surface area contributed by atoms with Crippen LogP contribution in [0.2, 0.25) is 0 Å². The lowest BCUT2D eigenvalue weighted by Gasteiger charge is -2.21. The van der Waals surface area contributed by atoms with Crippen LogP contribution in [0.15, 0.2) is 6.07 Å². The Morgan fingerprint density at radius 1 is 1.62 bits per heavy atom. The normalized spacial score (nSPS) is 20.6. The van der Waals surface area contributed by atoms with Crippen LogP contribution in [0.25, 0.3) is 0 Å². The first kappa shape index (κ1) is 8.44. The molecule has 0 fully saturated rings. The van der Waals surface area contributed by atoms with Gasteiger partial charge in [-0.2, -0.15) is 5.10 Å². The number of aromatic nitrogens is 2. The average molecular weight is 179 g/mol. The minimum Gasteiger partial charge on any atom is -0.388 e. The third kappa shape index (κ3) is 1.49. The summed E-state index contributed by atoms with van der Waals surface area (Å²) in [5.74, 6) is 0.732. The van der Waals surface area contributed by atoms with Crippen LogP contribution in [0, 0.1) is 0 Å². The van der Waals surface area contributed by atoms with Crippen molar-refractivity contribution in [3.05, 3.63) is 17.3 Å². The third-order valence-corrected chi connectivity index (χ3v) is 2.31. The Balaban J connectivity index is 2.41. The van der Waals surface area contributed by atoms with Crippen LogP contribution in [0.4, 0.5) is 5.82 Å². The Hall–Kier alpha value is -1.16. The predicted molar refractivity (Wildman–Crippen MR) is 49.5 cm³/mol. The van der Waals surface area contributed by atoms with Gasteiger partial charge >= 0.3 is 0 Å². The van der Waals surface area contributed by atoms with Gasteiger partial charge in [-0.05, 0) is 18.9 Å². The molecule has 1 unspecified atom stereocenters. The molecule has 0 bridgehead atoms. The zero-order valence-electron chi connectivity index (χ0n) is 7.62. The molecule has 13 heavy (non-hydrogen) atoms. The van der Waals surface area contributed by atoms with E-state index in [0.717, 1.165) is 36.5 Å². The largest absolute Gasteiger partial charge is 0.388 e. The molecular formula is C9H13N3O. The molecule has 70 valence electrons. The lowest BCUT2D eigenvalue weighted by atomic mass is 10.0. The van der Waals surface area contributed by atoms with Gasteiger partial charge in [0.25, 0.3) is 0 Å². The van der Waals surface area contributed by atoms with Crippen molar-refractivity contribution >= 4 is 5.82 Å². The van der Waals surface area contributed by atoms with Gasteiger partial charge in [-0.25, -0.2) is 0 Å². The third-order valence-electron chi connectivity index (χ3n) is 2.31. The van der Waals surface area contributed by atoms with Crippen molar-refractivity contribution in [2.75, 3.05) is 11.9 Å². The second kappa shape index (κ2) is 3.30. The quantitative estimate of drug-likeness (QED) is 0.672. The predicted octanol–water partition coefficient (Wildman–Crippen LogP) is 0.888. The molecule has 1 aromatic heterocycles. The maximum atomic E-state index is 9.67. The van der Waals surface area contributed by atoms with Crippen LogP contribution in [-0.4, -0.2) is 21.8 Å². The number of hydrogen-bond acceptors (Lipinski definition) is 4. The minimum absolute atomic E-state index is 0.378. The molecule has 1 aliphatic rings. The molecule has 0 amide bonds. The van der Waals surface area contributed by atoms with E-state index in [9.17, 15) is 5.11 Å². The fourth-order valence-corrected chi connectivity index (χ4v) is 1.50. The van der Waals surface area contributed by atoms with Crippen molar-refractivity contribution < 1.29 is 5.11 Å². The Labute approximate surface area is 77.0 Å².